The van der Waals surface area contributed by atoms with Crippen LogP contribution in [-0.2, 0) is 0 Å². The Morgan fingerprint density at radius 1 is 1.32 bits per heavy atom. The molecule has 0 amide bonds. The molecule has 1 fully saturated rings. The molecule has 2 atom stereocenters. The van der Waals surface area contributed by atoms with Crippen molar-refractivity contribution in [2.24, 2.45) is 5.41 Å². The highest BCUT2D eigenvalue weighted by Gasteiger charge is 2.33. The van der Waals surface area contributed by atoms with Crippen molar-refractivity contribution < 1.29 is 5.11 Å². The van der Waals surface area contributed by atoms with Gasteiger partial charge in [-0.05, 0) is 37.9 Å². The van der Waals surface area contributed by atoms with Crippen molar-refractivity contribution >= 4 is 0 Å². The highest BCUT2D eigenvalue weighted by Crippen LogP contribution is 2.31. The van der Waals surface area contributed by atoms with Crippen molar-refractivity contribution in [1.82, 2.24) is 9.88 Å². The maximum Gasteiger partial charge on any atom is 0.127 e. The lowest BCUT2D eigenvalue weighted by Gasteiger charge is -2.35. The lowest BCUT2D eigenvalue weighted by molar-refractivity contribution is 0.0127. The van der Waals surface area contributed by atoms with E-state index in [1.165, 1.54) is 18.4 Å². The predicted molar refractivity (Wildman–Crippen MR) is 90.3 cm³/mol. The van der Waals surface area contributed by atoms with Crippen LogP contribution in [0.1, 0.15) is 58.6 Å². The highest BCUT2D eigenvalue weighted by molar-refractivity contribution is 5.19. The molecule has 120 valence electrons. The minimum absolute atomic E-state index is 0.245. The van der Waals surface area contributed by atoms with E-state index in [4.69, 9.17) is 0 Å². The molecule has 1 aliphatic rings. The van der Waals surface area contributed by atoms with Crippen LogP contribution in [0.5, 0.6) is 0 Å². The number of hydrogen-bond acceptors (Lipinski definition) is 3. The van der Waals surface area contributed by atoms with E-state index in [9.17, 15) is 5.11 Å². The van der Waals surface area contributed by atoms with E-state index >= 15 is 0 Å². The van der Waals surface area contributed by atoms with Crippen LogP contribution in [-0.4, -0.2) is 33.7 Å². The Balaban J connectivity index is 2.08. The Morgan fingerprint density at radius 3 is 2.73 bits per heavy atom. The molecule has 2 heterocycles. The number of pyridine rings is 1. The molecule has 1 aromatic rings. The van der Waals surface area contributed by atoms with Crippen molar-refractivity contribution in [2.75, 3.05) is 13.1 Å². The summed E-state index contributed by atoms with van der Waals surface area (Å²) in [5.41, 5.74) is 0.0589. The molecular formula is C19H28N2O. The molecule has 22 heavy (non-hydrogen) atoms. The number of hydrogen-bond donors (Lipinski definition) is 1. The second-order valence-corrected chi connectivity index (χ2v) is 7.39. The van der Waals surface area contributed by atoms with Crippen molar-refractivity contribution in [3.05, 3.63) is 30.1 Å². The van der Waals surface area contributed by atoms with Gasteiger partial charge in [-0.25, -0.2) is 0 Å². The fraction of sp³-hybridized carbons (Fsp3) is 0.632. The summed E-state index contributed by atoms with van der Waals surface area (Å²) in [6.07, 6.45) is 7.40. The molecule has 0 spiro atoms. The number of aliphatic hydroxyl groups is 1. The van der Waals surface area contributed by atoms with Gasteiger partial charge >= 0.3 is 0 Å². The second-order valence-electron chi connectivity index (χ2n) is 7.39. The summed E-state index contributed by atoms with van der Waals surface area (Å²) in [5.74, 6) is 6.27. The molecular weight excluding hydrogens is 272 g/mol. The number of likely N-dealkylation sites (tertiary alicyclic amines) is 1. The summed E-state index contributed by atoms with van der Waals surface area (Å²) < 4.78 is 0. The maximum absolute atomic E-state index is 10.5. The molecule has 3 heteroatoms. The van der Waals surface area contributed by atoms with Gasteiger partial charge in [-0.3, -0.25) is 9.88 Å². The Morgan fingerprint density at radius 2 is 2.09 bits per heavy atom. The van der Waals surface area contributed by atoms with Crippen molar-refractivity contribution in [3.63, 3.8) is 0 Å². The molecule has 2 rings (SSSR count). The first-order chi connectivity index (χ1) is 10.3. The van der Waals surface area contributed by atoms with Gasteiger partial charge in [0.1, 0.15) is 5.60 Å². The summed E-state index contributed by atoms with van der Waals surface area (Å²) >= 11 is 0. The molecule has 0 bridgehead atoms. The molecule has 3 nitrogen and oxygen atoms in total. The average molecular weight is 300 g/mol. The Bertz CT molecular complexity index is 534. The van der Waals surface area contributed by atoms with E-state index in [2.05, 4.69) is 27.8 Å². The minimum Gasteiger partial charge on any atom is -0.377 e. The van der Waals surface area contributed by atoms with E-state index in [-0.39, 0.29) is 5.41 Å². The number of aromatic nitrogens is 1. The first kappa shape index (κ1) is 17.0. The van der Waals surface area contributed by atoms with E-state index in [0.717, 1.165) is 13.0 Å². The van der Waals surface area contributed by atoms with Gasteiger partial charge in [-0.1, -0.05) is 45.1 Å². The Kier molecular flexibility index (Phi) is 5.26. The molecule has 0 aliphatic carbocycles. The molecule has 1 aliphatic heterocycles. The smallest absolute Gasteiger partial charge is 0.127 e. The molecule has 0 unspecified atom stereocenters. The molecule has 0 aromatic carbocycles. The normalized spacial score (nSPS) is 22.5. The average Bonchev–Trinajstić information content (AvgIpc) is 2.47. The third-order valence-corrected chi connectivity index (χ3v) is 4.76. The quantitative estimate of drug-likeness (QED) is 0.850. The van der Waals surface area contributed by atoms with Crippen molar-refractivity contribution in [3.8, 4) is 11.8 Å². The van der Waals surface area contributed by atoms with Crippen LogP contribution >= 0.6 is 0 Å². The van der Waals surface area contributed by atoms with Gasteiger partial charge in [0, 0.05) is 23.9 Å². The fourth-order valence-corrected chi connectivity index (χ4v) is 2.63. The summed E-state index contributed by atoms with van der Waals surface area (Å²) in [4.78, 5) is 6.65. The van der Waals surface area contributed by atoms with Crippen molar-refractivity contribution in [1.29, 1.82) is 0 Å². The molecule has 0 saturated carbocycles. The first-order valence-corrected chi connectivity index (χ1v) is 8.18. The predicted octanol–water partition coefficient (Wildman–Crippen LogP) is 3.41. The van der Waals surface area contributed by atoms with Gasteiger partial charge in [-0.2, -0.15) is 0 Å². The largest absolute Gasteiger partial charge is 0.377 e. The van der Waals surface area contributed by atoms with Crippen LogP contribution in [0.2, 0.25) is 0 Å². The van der Waals surface area contributed by atoms with Crippen LogP contribution in [0.25, 0.3) is 0 Å². The molecule has 1 N–H and O–H groups in total. The number of nitrogens with zero attached hydrogens (tertiary/aromatic N) is 2. The third-order valence-electron chi connectivity index (χ3n) is 4.76. The van der Waals surface area contributed by atoms with Gasteiger partial charge in [-0.15, -0.1) is 0 Å². The Hall–Kier alpha value is -1.37. The summed E-state index contributed by atoms with van der Waals surface area (Å²) in [6.45, 7) is 9.61. The van der Waals surface area contributed by atoms with E-state index < -0.39 is 5.60 Å². The monoisotopic (exact) mass is 300 g/mol. The van der Waals surface area contributed by atoms with E-state index in [1.54, 1.807) is 6.92 Å². The zero-order valence-corrected chi connectivity index (χ0v) is 14.3. The standard InChI is InChI=1S/C19H28N2O/c1-18(2,3)19(4,22)11-8-14-21-13-6-5-10-17(21)16-9-7-12-20-15-16/h7,9,12,15,17,22H,5-6,10,13-14H2,1-4H3/t17-,19+/m0/s1. The first-order valence-electron chi connectivity index (χ1n) is 8.18. The maximum atomic E-state index is 10.5. The van der Waals surface area contributed by atoms with Crippen molar-refractivity contribution in [2.45, 2.75) is 58.6 Å². The van der Waals surface area contributed by atoms with Gasteiger partial charge in [0.05, 0.1) is 6.54 Å². The zero-order valence-electron chi connectivity index (χ0n) is 14.3. The van der Waals surface area contributed by atoms with E-state index in [1.807, 2.05) is 39.2 Å². The van der Waals surface area contributed by atoms with Gasteiger partial charge in [0.2, 0.25) is 0 Å². The van der Waals surface area contributed by atoms with Gasteiger partial charge in [0.25, 0.3) is 0 Å². The van der Waals surface area contributed by atoms with Crippen LogP contribution in [0.3, 0.4) is 0 Å². The van der Waals surface area contributed by atoms with Crippen LogP contribution in [0.15, 0.2) is 24.5 Å². The molecule has 1 aromatic heterocycles. The summed E-state index contributed by atoms with van der Waals surface area (Å²) in [6, 6.07) is 4.55. The van der Waals surface area contributed by atoms with Gasteiger partial charge < -0.3 is 5.11 Å². The Labute approximate surface area is 134 Å². The fourth-order valence-electron chi connectivity index (χ4n) is 2.63. The lowest BCUT2D eigenvalue weighted by Crippen LogP contribution is -2.38. The molecule has 1 saturated heterocycles. The number of piperidine rings is 1. The zero-order chi connectivity index (χ0) is 16.2. The SMILES string of the molecule is CC(C)(C)[C@](C)(O)C#CCN1CCCC[C@H]1c1cccnc1. The van der Waals surface area contributed by atoms with Crippen LogP contribution in [0, 0.1) is 17.3 Å². The van der Waals surface area contributed by atoms with E-state index in [0.29, 0.717) is 12.6 Å². The topological polar surface area (TPSA) is 36.4 Å². The molecule has 0 radical (unpaired) electrons. The summed E-state index contributed by atoms with van der Waals surface area (Å²) in [7, 11) is 0. The second kappa shape index (κ2) is 6.81. The third kappa shape index (κ3) is 4.09. The highest BCUT2D eigenvalue weighted by atomic mass is 16.3. The number of rotatable bonds is 2. The van der Waals surface area contributed by atoms with Gasteiger partial charge in [0.15, 0.2) is 0 Å². The lowest BCUT2D eigenvalue weighted by atomic mass is 9.78. The summed E-state index contributed by atoms with van der Waals surface area (Å²) in [5, 5.41) is 10.5. The minimum atomic E-state index is -0.966. The van der Waals surface area contributed by atoms with Crippen LogP contribution < -0.4 is 0 Å². The van der Waals surface area contributed by atoms with Crippen LogP contribution in [0.4, 0.5) is 0 Å².